The smallest absolute Gasteiger partial charge is 0.335 e. The molecule has 0 bridgehead atoms. The molecule has 1 aromatic carbocycles. The van der Waals surface area contributed by atoms with Crippen LogP contribution in [0.5, 0.6) is 0 Å². The number of hydrogen-bond donors (Lipinski definition) is 2. The molecule has 2 N–H and O–H groups in total. The number of rotatable bonds is 2. The zero-order chi connectivity index (χ0) is 14.4. The van der Waals surface area contributed by atoms with Crippen LogP contribution < -0.4 is 5.32 Å². The van der Waals surface area contributed by atoms with Crippen LogP contribution >= 0.6 is 0 Å². The van der Waals surface area contributed by atoms with Gasteiger partial charge in [0.25, 0.3) is 0 Å². The quantitative estimate of drug-likeness (QED) is 0.880. The van der Waals surface area contributed by atoms with Crippen molar-refractivity contribution in [2.75, 3.05) is 6.54 Å². The summed E-state index contributed by atoms with van der Waals surface area (Å²) in [6.45, 7) is 3.05. The molecule has 0 unspecified atom stereocenters. The molecule has 1 atom stereocenters. The summed E-state index contributed by atoms with van der Waals surface area (Å²) in [6.07, 6.45) is 2.42. The summed E-state index contributed by atoms with van der Waals surface area (Å²) in [6, 6.07) is 10.7. The third-order valence-electron chi connectivity index (χ3n) is 3.07. The first kappa shape index (κ1) is 14.3. The van der Waals surface area contributed by atoms with E-state index in [9.17, 15) is 4.79 Å². The second kappa shape index (κ2) is 6.86. The topological polar surface area (TPSA) is 75.4 Å². The van der Waals surface area contributed by atoms with Gasteiger partial charge < -0.3 is 14.9 Å². The van der Waals surface area contributed by atoms with Crippen molar-refractivity contribution in [3.8, 4) is 0 Å². The maximum atomic E-state index is 10.2. The molecule has 2 heterocycles. The minimum atomic E-state index is -0.879. The van der Waals surface area contributed by atoms with E-state index in [1.807, 2.05) is 13.0 Å². The van der Waals surface area contributed by atoms with Gasteiger partial charge in [0.05, 0.1) is 17.3 Å². The van der Waals surface area contributed by atoms with Crippen LogP contribution in [-0.4, -0.2) is 22.8 Å². The molecule has 20 heavy (non-hydrogen) atoms. The summed E-state index contributed by atoms with van der Waals surface area (Å²) in [4.78, 5) is 10.2. The number of nitrogens with zero attached hydrogens (tertiary/aromatic N) is 1. The Morgan fingerprint density at radius 2 is 2.15 bits per heavy atom. The van der Waals surface area contributed by atoms with Gasteiger partial charge in [-0.25, -0.2) is 4.79 Å². The average molecular weight is 274 g/mol. The molecular weight excluding hydrogens is 256 g/mol. The molecule has 1 saturated heterocycles. The van der Waals surface area contributed by atoms with E-state index in [0.717, 1.165) is 18.0 Å². The highest BCUT2D eigenvalue weighted by Crippen LogP contribution is 2.22. The van der Waals surface area contributed by atoms with Gasteiger partial charge in [-0.1, -0.05) is 23.4 Å². The summed E-state index contributed by atoms with van der Waals surface area (Å²) in [5.74, 6) is 0.107. The minimum Gasteiger partial charge on any atom is -0.478 e. The Bertz CT molecular complexity index is 545. The molecule has 106 valence electrons. The fourth-order valence-electron chi connectivity index (χ4n) is 2.06. The maximum Gasteiger partial charge on any atom is 0.335 e. The second-order valence-corrected chi connectivity index (χ2v) is 4.69. The summed E-state index contributed by atoms with van der Waals surface area (Å²) in [5, 5.41) is 15.6. The number of carboxylic acids is 1. The monoisotopic (exact) mass is 274 g/mol. The number of carbonyl (C=O) groups is 1. The van der Waals surface area contributed by atoms with Crippen LogP contribution in [0.4, 0.5) is 0 Å². The Morgan fingerprint density at radius 3 is 2.60 bits per heavy atom. The van der Waals surface area contributed by atoms with E-state index in [1.54, 1.807) is 30.3 Å². The van der Waals surface area contributed by atoms with Gasteiger partial charge in [-0.2, -0.15) is 0 Å². The molecule has 1 aliphatic rings. The Hall–Kier alpha value is -2.14. The van der Waals surface area contributed by atoms with Gasteiger partial charge in [0.2, 0.25) is 0 Å². The standard InChI is InChI=1S/C8H12N2O.C7H6O2/c1-6-5-8(11-10-6)7-3-2-4-9-7;8-7(9)6-4-2-1-3-5-6/h5,7,9H,2-4H2,1H3;1-5H,(H,8,9)/t7-;/m1./s1. The lowest BCUT2D eigenvalue weighted by Gasteiger charge is -2.02. The van der Waals surface area contributed by atoms with Crippen LogP contribution in [0, 0.1) is 6.92 Å². The molecule has 3 rings (SSSR count). The Labute approximate surface area is 117 Å². The predicted molar refractivity (Wildman–Crippen MR) is 74.6 cm³/mol. The lowest BCUT2D eigenvalue weighted by molar-refractivity contribution is 0.0697. The molecule has 2 aromatic rings. The van der Waals surface area contributed by atoms with E-state index >= 15 is 0 Å². The van der Waals surface area contributed by atoms with Gasteiger partial charge in [0.15, 0.2) is 5.76 Å². The highest BCUT2D eigenvalue weighted by Gasteiger charge is 2.19. The summed E-state index contributed by atoms with van der Waals surface area (Å²) < 4.78 is 5.14. The fraction of sp³-hybridized carbons (Fsp3) is 0.333. The lowest BCUT2D eigenvalue weighted by Crippen LogP contribution is -2.11. The van der Waals surface area contributed by atoms with E-state index in [0.29, 0.717) is 11.6 Å². The van der Waals surface area contributed by atoms with Crippen LogP contribution in [0.1, 0.15) is 40.7 Å². The largest absolute Gasteiger partial charge is 0.478 e. The first-order valence-corrected chi connectivity index (χ1v) is 6.62. The van der Waals surface area contributed by atoms with Crippen molar-refractivity contribution >= 4 is 5.97 Å². The van der Waals surface area contributed by atoms with Crippen molar-refractivity contribution in [2.24, 2.45) is 0 Å². The zero-order valence-electron chi connectivity index (χ0n) is 11.4. The fourth-order valence-corrected chi connectivity index (χ4v) is 2.06. The van der Waals surface area contributed by atoms with Gasteiger partial charge in [0.1, 0.15) is 0 Å². The number of aromatic carboxylic acids is 1. The Kier molecular flexibility index (Phi) is 4.90. The summed E-state index contributed by atoms with van der Waals surface area (Å²) in [5.41, 5.74) is 1.30. The number of nitrogens with one attached hydrogen (secondary N) is 1. The zero-order valence-corrected chi connectivity index (χ0v) is 11.4. The number of hydrogen-bond acceptors (Lipinski definition) is 4. The van der Waals surface area contributed by atoms with Gasteiger partial charge in [-0.3, -0.25) is 0 Å². The predicted octanol–water partition coefficient (Wildman–Crippen LogP) is 2.79. The number of aryl methyl sites for hydroxylation is 1. The minimum absolute atomic E-state index is 0.331. The van der Waals surface area contributed by atoms with Crippen molar-refractivity contribution < 1.29 is 14.4 Å². The van der Waals surface area contributed by atoms with E-state index < -0.39 is 5.97 Å². The van der Waals surface area contributed by atoms with Crippen LogP contribution in [0.3, 0.4) is 0 Å². The third-order valence-corrected chi connectivity index (χ3v) is 3.07. The molecule has 5 heteroatoms. The van der Waals surface area contributed by atoms with Crippen molar-refractivity contribution in [3.63, 3.8) is 0 Å². The number of aromatic nitrogens is 1. The molecule has 1 fully saturated rings. The van der Waals surface area contributed by atoms with E-state index in [4.69, 9.17) is 9.63 Å². The molecule has 0 aliphatic carbocycles. The first-order valence-electron chi connectivity index (χ1n) is 6.62. The van der Waals surface area contributed by atoms with E-state index in [2.05, 4.69) is 10.5 Å². The van der Waals surface area contributed by atoms with Gasteiger partial charge in [-0.05, 0) is 38.4 Å². The highest BCUT2D eigenvalue weighted by atomic mass is 16.5. The van der Waals surface area contributed by atoms with Gasteiger partial charge in [-0.15, -0.1) is 0 Å². The molecule has 0 amide bonds. The van der Waals surface area contributed by atoms with Crippen molar-refractivity contribution in [2.45, 2.75) is 25.8 Å². The molecule has 0 spiro atoms. The van der Waals surface area contributed by atoms with Crippen LogP contribution in [-0.2, 0) is 0 Å². The molecule has 1 aliphatic heterocycles. The Morgan fingerprint density at radius 1 is 1.40 bits per heavy atom. The normalized spacial score (nSPS) is 17.4. The second-order valence-electron chi connectivity index (χ2n) is 4.69. The van der Waals surface area contributed by atoms with E-state index in [1.165, 1.54) is 12.8 Å². The maximum absolute atomic E-state index is 10.2. The van der Waals surface area contributed by atoms with Crippen LogP contribution in [0.2, 0.25) is 0 Å². The summed E-state index contributed by atoms with van der Waals surface area (Å²) in [7, 11) is 0. The number of benzene rings is 1. The van der Waals surface area contributed by atoms with E-state index in [-0.39, 0.29) is 0 Å². The van der Waals surface area contributed by atoms with Gasteiger partial charge >= 0.3 is 5.97 Å². The average Bonchev–Trinajstić information content (AvgIpc) is 3.11. The van der Waals surface area contributed by atoms with Gasteiger partial charge in [0, 0.05) is 6.07 Å². The molecule has 1 aromatic heterocycles. The van der Waals surface area contributed by atoms with Crippen LogP contribution in [0.25, 0.3) is 0 Å². The summed E-state index contributed by atoms with van der Waals surface area (Å²) >= 11 is 0. The Balaban J connectivity index is 0.000000151. The first-order chi connectivity index (χ1) is 9.66. The van der Waals surface area contributed by atoms with Crippen molar-refractivity contribution in [3.05, 3.63) is 53.4 Å². The number of carboxylic acid groups (broad SMARTS) is 1. The lowest BCUT2D eigenvalue weighted by atomic mass is 10.2. The molecular formula is C15H18N2O3. The molecule has 0 saturated carbocycles. The molecule has 0 radical (unpaired) electrons. The van der Waals surface area contributed by atoms with Crippen LogP contribution in [0.15, 0.2) is 40.9 Å². The van der Waals surface area contributed by atoms with Crippen molar-refractivity contribution in [1.29, 1.82) is 0 Å². The van der Waals surface area contributed by atoms with Crippen molar-refractivity contribution in [1.82, 2.24) is 10.5 Å². The third kappa shape index (κ3) is 3.93. The SMILES string of the molecule is Cc1cc([C@H]2CCCN2)on1.O=C(O)c1ccccc1. The molecule has 5 nitrogen and oxygen atoms in total. The highest BCUT2D eigenvalue weighted by molar-refractivity contribution is 5.87.